The molecule has 0 aromatic carbocycles. The van der Waals surface area contributed by atoms with Crippen LogP contribution in [0.4, 0.5) is 0 Å². The second-order valence-electron chi connectivity index (χ2n) is 15.1. The molecule has 0 heterocycles. The van der Waals surface area contributed by atoms with Crippen molar-refractivity contribution in [2.75, 3.05) is 52.5 Å². The second kappa shape index (κ2) is 42.0. The van der Waals surface area contributed by atoms with E-state index >= 15 is 0 Å². The molecule has 4 nitrogen and oxygen atoms in total. The Bertz CT molecular complexity index is 504. The molecule has 0 bridgehead atoms. The van der Waals surface area contributed by atoms with Gasteiger partial charge in [-0.15, -0.1) is 0 Å². The van der Waals surface area contributed by atoms with Crippen molar-refractivity contribution in [3.8, 4) is 0 Å². The zero-order chi connectivity index (χ0) is 34.1. The molecule has 0 saturated heterocycles. The average Bonchev–Trinajstić information content (AvgIpc) is 3.07. The predicted molar refractivity (Wildman–Crippen MR) is 211 cm³/mol. The van der Waals surface area contributed by atoms with Crippen LogP contribution in [0.3, 0.4) is 0 Å². The van der Waals surface area contributed by atoms with Crippen molar-refractivity contribution in [3.05, 3.63) is 0 Å². The third-order valence-corrected chi connectivity index (χ3v) is 10.4. The lowest BCUT2D eigenvalue weighted by Gasteiger charge is -2.25. The second-order valence-corrected chi connectivity index (χ2v) is 15.1. The molecule has 0 aromatic rings. The van der Waals surface area contributed by atoms with Crippen LogP contribution in [-0.4, -0.2) is 72.5 Å². The van der Waals surface area contributed by atoms with E-state index in [1.807, 2.05) is 0 Å². The fraction of sp³-hybridized carbons (Fsp3) is 1.00. The third kappa shape index (κ3) is 38.5. The maximum Gasteiger partial charge on any atom is 0.0558 e. The molecule has 0 radical (unpaired) electrons. The van der Waals surface area contributed by atoms with Gasteiger partial charge in [0, 0.05) is 13.1 Å². The van der Waals surface area contributed by atoms with Crippen molar-refractivity contribution in [1.29, 1.82) is 0 Å². The Hall–Kier alpha value is -0.160. The first-order chi connectivity index (χ1) is 23.3. The third-order valence-electron chi connectivity index (χ3n) is 10.4. The van der Waals surface area contributed by atoms with Crippen molar-refractivity contribution in [1.82, 2.24) is 9.80 Å². The number of nitrogens with zero attached hydrogens (tertiary/aromatic N) is 2. The number of unbranched alkanes of at least 4 members (excludes halogenated alkanes) is 30. The first-order valence-electron chi connectivity index (χ1n) is 21.9. The number of hydrogen-bond donors (Lipinski definition) is 2. The van der Waals surface area contributed by atoms with Gasteiger partial charge in [-0.25, -0.2) is 0 Å². The summed E-state index contributed by atoms with van der Waals surface area (Å²) in [4.78, 5) is 4.94. The number of aliphatic hydroxyl groups is 2. The van der Waals surface area contributed by atoms with E-state index in [4.69, 9.17) is 0 Å². The maximum atomic E-state index is 9.36. The minimum absolute atomic E-state index is 0.183. The normalized spacial score (nSPS) is 11.9. The van der Waals surface area contributed by atoms with E-state index in [-0.39, 0.29) is 13.2 Å². The summed E-state index contributed by atoms with van der Waals surface area (Å²) in [5.41, 5.74) is 0. The summed E-state index contributed by atoms with van der Waals surface area (Å²) in [6.45, 7) is 11.0. The summed E-state index contributed by atoms with van der Waals surface area (Å²) in [6, 6.07) is 0. The molecule has 2 N–H and O–H groups in total. The molecule has 0 amide bonds. The molecule has 4 heteroatoms. The summed E-state index contributed by atoms with van der Waals surface area (Å²) in [5.74, 6) is 0. The molecule has 0 rings (SSSR count). The van der Waals surface area contributed by atoms with Crippen molar-refractivity contribution in [3.63, 3.8) is 0 Å². The Morgan fingerprint density at radius 1 is 0.234 bits per heavy atom. The number of rotatable bonds is 42. The lowest BCUT2D eigenvalue weighted by molar-refractivity contribution is 0.152. The summed E-state index contributed by atoms with van der Waals surface area (Å²) >= 11 is 0. The minimum atomic E-state index is 0.183. The summed E-state index contributed by atoms with van der Waals surface area (Å²) in [7, 11) is 0. The van der Waals surface area contributed by atoms with Crippen LogP contribution in [0.25, 0.3) is 0 Å². The van der Waals surface area contributed by atoms with Crippen molar-refractivity contribution in [2.24, 2.45) is 0 Å². The molecule has 0 aliphatic rings. The van der Waals surface area contributed by atoms with E-state index < -0.39 is 0 Å². The van der Waals surface area contributed by atoms with Gasteiger partial charge < -0.3 is 15.1 Å². The summed E-state index contributed by atoms with van der Waals surface area (Å²) < 4.78 is 0. The van der Waals surface area contributed by atoms with Crippen LogP contribution >= 0.6 is 0 Å². The van der Waals surface area contributed by atoms with E-state index in [1.165, 1.54) is 219 Å². The van der Waals surface area contributed by atoms with Crippen LogP contribution in [0.1, 0.15) is 226 Å². The van der Waals surface area contributed by atoms with Gasteiger partial charge in [0.2, 0.25) is 0 Å². The fourth-order valence-corrected chi connectivity index (χ4v) is 7.24. The van der Waals surface area contributed by atoms with Gasteiger partial charge in [-0.3, -0.25) is 4.90 Å². The monoisotopic (exact) mass is 667 g/mol. The molecule has 0 aromatic heterocycles. The quantitative estimate of drug-likeness (QED) is 0.0637. The highest BCUT2D eigenvalue weighted by Crippen LogP contribution is 2.16. The van der Waals surface area contributed by atoms with Crippen molar-refractivity contribution < 1.29 is 10.2 Å². The Kier molecular flexibility index (Phi) is 41.9. The van der Waals surface area contributed by atoms with Gasteiger partial charge in [0.05, 0.1) is 13.2 Å². The molecule has 0 unspecified atom stereocenters. The van der Waals surface area contributed by atoms with Gasteiger partial charge in [0.25, 0.3) is 0 Å². The zero-order valence-electron chi connectivity index (χ0n) is 32.8. The van der Waals surface area contributed by atoms with E-state index in [0.29, 0.717) is 13.1 Å². The van der Waals surface area contributed by atoms with Crippen LogP contribution in [0, 0.1) is 0 Å². The van der Waals surface area contributed by atoms with E-state index in [2.05, 4.69) is 23.6 Å². The molecular formula is C43H90N2O2. The Balaban J connectivity index is 3.91. The molecular weight excluding hydrogens is 576 g/mol. The van der Waals surface area contributed by atoms with Crippen LogP contribution < -0.4 is 0 Å². The standard InChI is InChI=1S/C43H90N2O2/c1-3-5-7-9-11-13-15-17-19-21-23-25-27-29-31-33-36-44(38-35-39-45(40-42-46)41-43-47)37-34-32-30-28-26-24-22-20-18-16-14-12-10-8-6-4-2/h46-47H,3-43H2,1-2H3. The first kappa shape index (κ1) is 46.8. The number of hydrogen-bond acceptors (Lipinski definition) is 4. The smallest absolute Gasteiger partial charge is 0.0558 e. The lowest BCUT2D eigenvalue weighted by Crippen LogP contribution is -2.34. The van der Waals surface area contributed by atoms with Crippen LogP contribution in [0.2, 0.25) is 0 Å². The summed E-state index contributed by atoms with van der Waals surface area (Å²) in [5, 5.41) is 18.7. The van der Waals surface area contributed by atoms with Crippen LogP contribution in [0.15, 0.2) is 0 Å². The van der Waals surface area contributed by atoms with Crippen molar-refractivity contribution >= 4 is 0 Å². The first-order valence-corrected chi connectivity index (χ1v) is 21.9. The zero-order valence-corrected chi connectivity index (χ0v) is 32.8. The number of aliphatic hydroxyl groups excluding tert-OH is 2. The lowest BCUT2D eigenvalue weighted by atomic mass is 10.0. The fourth-order valence-electron chi connectivity index (χ4n) is 7.24. The van der Waals surface area contributed by atoms with Gasteiger partial charge in [-0.2, -0.15) is 0 Å². The molecule has 0 aliphatic carbocycles. The van der Waals surface area contributed by atoms with Crippen LogP contribution in [-0.2, 0) is 0 Å². The molecule has 47 heavy (non-hydrogen) atoms. The Labute approximate surface area is 297 Å². The van der Waals surface area contributed by atoms with E-state index in [9.17, 15) is 10.2 Å². The average molecular weight is 667 g/mol. The van der Waals surface area contributed by atoms with E-state index in [1.54, 1.807) is 0 Å². The van der Waals surface area contributed by atoms with Gasteiger partial charge in [-0.1, -0.05) is 206 Å². The van der Waals surface area contributed by atoms with Gasteiger partial charge in [0.15, 0.2) is 0 Å². The Morgan fingerprint density at radius 3 is 0.660 bits per heavy atom. The molecule has 0 fully saturated rings. The highest BCUT2D eigenvalue weighted by molar-refractivity contribution is 4.64. The van der Waals surface area contributed by atoms with Crippen LogP contribution in [0.5, 0.6) is 0 Å². The summed E-state index contributed by atoms with van der Waals surface area (Å²) in [6.07, 6.45) is 46.9. The highest BCUT2D eigenvalue weighted by Gasteiger charge is 2.08. The molecule has 284 valence electrons. The SMILES string of the molecule is CCCCCCCCCCCCCCCCCCN(CCCCCCCCCCCCCCCCCC)CCCN(CCO)CCO. The molecule has 0 atom stereocenters. The highest BCUT2D eigenvalue weighted by atomic mass is 16.3. The molecule has 0 aliphatic heterocycles. The van der Waals surface area contributed by atoms with Crippen molar-refractivity contribution in [2.45, 2.75) is 226 Å². The molecule has 0 saturated carbocycles. The minimum Gasteiger partial charge on any atom is -0.395 e. The Morgan fingerprint density at radius 2 is 0.426 bits per heavy atom. The van der Waals surface area contributed by atoms with Gasteiger partial charge in [0.1, 0.15) is 0 Å². The molecule has 0 spiro atoms. The van der Waals surface area contributed by atoms with Gasteiger partial charge >= 0.3 is 0 Å². The topological polar surface area (TPSA) is 46.9 Å². The predicted octanol–water partition coefficient (Wildman–Crippen LogP) is 12.5. The van der Waals surface area contributed by atoms with Gasteiger partial charge in [-0.05, 0) is 45.4 Å². The largest absolute Gasteiger partial charge is 0.395 e. The van der Waals surface area contributed by atoms with E-state index in [0.717, 1.165) is 19.5 Å². The maximum absolute atomic E-state index is 9.36.